The number of nitrogen functional groups attached to an aromatic ring is 1. The Hall–Kier alpha value is -1.31. The Morgan fingerprint density at radius 1 is 1.47 bits per heavy atom. The molecule has 4 N–H and O–H groups in total. The molecule has 0 aliphatic heterocycles. The second-order valence-electron chi connectivity index (χ2n) is 4.30. The van der Waals surface area contributed by atoms with Gasteiger partial charge in [-0.25, -0.2) is 13.1 Å². The average Bonchev–Trinajstić information content (AvgIpc) is 2.35. The summed E-state index contributed by atoms with van der Waals surface area (Å²) in [6.45, 7) is 1.78. The van der Waals surface area contributed by atoms with Gasteiger partial charge in [-0.1, -0.05) is 0 Å². The van der Waals surface area contributed by atoms with Crippen LogP contribution in [0.25, 0.3) is 0 Å². The Kier molecular flexibility index (Phi) is 5.59. The number of anilines is 1. The molecular weight excluding hydrogens is 268 g/mol. The van der Waals surface area contributed by atoms with Crippen molar-refractivity contribution in [2.24, 2.45) is 0 Å². The number of aliphatic hydroxyl groups is 1. The predicted octanol–water partition coefficient (Wildman–Crippen LogP) is 0.717. The van der Waals surface area contributed by atoms with E-state index in [1.54, 1.807) is 13.0 Å². The van der Waals surface area contributed by atoms with E-state index in [2.05, 4.69) is 4.72 Å². The molecule has 0 bridgehead atoms. The fourth-order valence-corrected chi connectivity index (χ4v) is 3.17. The van der Waals surface area contributed by atoms with Crippen molar-refractivity contribution < 1.29 is 18.3 Å². The number of aliphatic hydroxyl groups excluding tert-OH is 1. The van der Waals surface area contributed by atoms with Gasteiger partial charge in [0.05, 0.1) is 7.11 Å². The summed E-state index contributed by atoms with van der Waals surface area (Å²) in [4.78, 5) is 0.0193. The van der Waals surface area contributed by atoms with E-state index in [9.17, 15) is 8.42 Å². The maximum atomic E-state index is 12.2. The molecule has 1 aromatic carbocycles. The fraction of sp³-hybridized carbons (Fsp3) is 0.500. The van der Waals surface area contributed by atoms with Gasteiger partial charge in [0, 0.05) is 18.3 Å². The summed E-state index contributed by atoms with van der Waals surface area (Å²) in [7, 11) is -2.29. The molecule has 0 saturated carbocycles. The van der Waals surface area contributed by atoms with Gasteiger partial charge in [0.1, 0.15) is 10.6 Å². The Morgan fingerprint density at radius 2 is 2.16 bits per heavy atom. The van der Waals surface area contributed by atoms with E-state index in [1.165, 1.54) is 19.2 Å². The highest BCUT2D eigenvalue weighted by molar-refractivity contribution is 7.89. The first-order valence-electron chi connectivity index (χ1n) is 5.97. The first-order chi connectivity index (χ1) is 8.90. The normalized spacial score (nSPS) is 13.2. The smallest absolute Gasteiger partial charge is 0.244 e. The minimum atomic E-state index is -3.69. The minimum absolute atomic E-state index is 0.0193. The second-order valence-corrected chi connectivity index (χ2v) is 5.98. The molecule has 1 atom stereocenters. The highest BCUT2D eigenvalue weighted by Crippen LogP contribution is 2.26. The average molecular weight is 288 g/mol. The largest absolute Gasteiger partial charge is 0.495 e. The third-order valence-electron chi connectivity index (χ3n) is 2.63. The van der Waals surface area contributed by atoms with Crippen LogP contribution in [0.15, 0.2) is 23.1 Å². The van der Waals surface area contributed by atoms with Crippen LogP contribution < -0.4 is 15.2 Å². The molecule has 6 nitrogen and oxygen atoms in total. The van der Waals surface area contributed by atoms with E-state index in [4.69, 9.17) is 15.6 Å². The number of benzene rings is 1. The number of rotatable bonds is 7. The molecule has 1 unspecified atom stereocenters. The number of nitrogens with one attached hydrogen (secondary N) is 1. The van der Waals surface area contributed by atoms with Gasteiger partial charge >= 0.3 is 0 Å². The van der Waals surface area contributed by atoms with Gasteiger partial charge in [0.25, 0.3) is 0 Å². The van der Waals surface area contributed by atoms with Crippen LogP contribution in [0.4, 0.5) is 5.69 Å². The summed E-state index contributed by atoms with van der Waals surface area (Å²) in [5.41, 5.74) is 5.96. The lowest BCUT2D eigenvalue weighted by molar-refractivity contribution is 0.279. The lowest BCUT2D eigenvalue weighted by Crippen LogP contribution is -2.33. The van der Waals surface area contributed by atoms with Gasteiger partial charge in [-0.2, -0.15) is 0 Å². The van der Waals surface area contributed by atoms with E-state index in [0.717, 1.165) is 0 Å². The van der Waals surface area contributed by atoms with Gasteiger partial charge in [-0.05, 0) is 38.0 Å². The maximum absolute atomic E-state index is 12.2. The summed E-state index contributed by atoms with van der Waals surface area (Å²) < 4.78 is 32.0. The number of hydrogen-bond acceptors (Lipinski definition) is 5. The van der Waals surface area contributed by atoms with Crippen molar-refractivity contribution in [3.8, 4) is 5.75 Å². The van der Waals surface area contributed by atoms with Crippen molar-refractivity contribution in [1.29, 1.82) is 0 Å². The van der Waals surface area contributed by atoms with Crippen molar-refractivity contribution in [2.45, 2.75) is 30.7 Å². The zero-order valence-corrected chi connectivity index (χ0v) is 11.9. The van der Waals surface area contributed by atoms with Crippen LogP contribution in [0.3, 0.4) is 0 Å². The SMILES string of the molecule is COc1ccc(N)cc1S(=O)(=O)NC(C)CCCO. The summed E-state index contributed by atoms with van der Waals surface area (Å²) in [6, 6.07) is 4.18. The van der Waals surface area contributed by atoms with Crippen LogP contribution in [0, 0.1) is 0 Å². The molecule has 0 aliphatic rings. The summed E-state index contributed by atoms with van der Waals surface area (Å²) >= 11 is 0. The molecule has 0 aliphatic carbocycles. The standard InChI is InChI=1S/C12H20N2O4S/c1-9(4-3-7-15)14-19(16,17)12-8-10(13)5-6-11(12)18-2/h5-6,8-9,14-15H,3-4,7,13H2,1-2H3. The Morgan fingerprint density at radius 3 is 2.74 bits per heavy atom. The molecule has 7 heteroatoms. The van der Waals surface area contributed by atoms with E-state index in [0.29, 0.717) is 18.5 Å². The van der Waals surface area contributed by atoms with Crippen LogP contribution in [-0.2, 0) is 10.0 Å². The van der Waals surface area contributed by atoms with Crippen molar-refractivity contribution in [2.75, 3.05) is 19.5 Å². The monoisotopic (exact) mass is 288 g/mol. The molecule has 0 heterocycles. The van der Waals surface area contributed by atoms with Crippen LogP contribution >= 0.6 is 0 Å². The molecule has 0 spiro atoms. The Bertz CT molecular complexity index is 516. The first kappa shape index (κ1) is 15.7. The Labute approximate surface area is 113 Å². The van der Waals surface area contributed by atoms with E-state index in [1.807, 2.05) is 0 Å². The lowest BCUT2D eigenvalue weighted by atomic mass is 10.2. The summed E-state index contributed by atoms with van der Waals surface area (Å²) in [5.74, 6) is 0.246. The van der Waals surface area contributed by atoms with Crippen LogP contribution in [-0.4, -0.2) is 33.3 Å². The molecule has 1 rings (SSSR count). The second kappa shape index (κ2) is 6.74. The molecule has 108 valence electrons. The van der Waals surface area contributed by atoms with Crippen molar-refractivity contribution in [3.05, 3.63) is 18.2 Å². The quantitative estimate of drug-likeness (QED) is 0.642. The molecule has 0 aromatic heterocycles. The van der Waals surface area contributed by atoms with Gasteiger partial charge in [0.2, 0.25) is 10.0 Å². The van der Waals surface area contributed by atoms with Gasteiger partial charge < -0.3 is 15.6 Å². The molecule has 19 heavy (non-hydrogen) atoms. The molecule has 0 fully saturated rings. The van der Waals surface area contributed by atoms with E-state index < -0.39 is 10.0 Å². The predicted molar refractivity (Wildman–Crippen MR) is 73.5 cm³/mol. The first-order valence-corrected chi connectivity index (χ1v) is 7.45. The summed E-state index contributed by atoms with van der Waals surface area (Å²) in [6.07, 6.45) is 1.10. The third kappa shape index (κ3) is 4.38. The van der Waals surface area contributed by atoms with Crippen molar-refractivity contribution in [1.82, 2.24) is 4.72 Å². The van der Waals surface area contributed by atoms with Crippen molar-refractivity contribution in [3.63, 3.8) is 0 Å². The van der Waals surface area contributed by atoms with Crippen LogP contribution in [0.5, 0.6) is 5.75 Å². The van der Waals surface area contributed by atoms with Crippen LogP contribution in [0.2, 0.25) is 0 Å². The lowest BCUT2D eigenvalue weighted by Gasteiger charge is -2.15. The van der Waals surface area contributed by atoms with Crippen LogP contribution in [0.1, 0.15) is 19.8 Å². The highest BCUT2D eigenvalue weighted by Gasteiger charge is 2.21. The molecule has 0 saturated heterocycles. The Balaban J connectivity index is 2.96. The third-order valence-corrected chi connectivity index (χ3v) is 4.24. The molecular formula is C12H20N2O4S. The number of hydrogen-bond donors (Lipinski definition) is 3. The van der Waals surface area contributed by atoms with E-state index >= 15 is 0 Å². The highest BCUT2D eigenvalue weighted by atomic mass is 32.2. The number of nitrogens with two attached hydrogens (primary N) is 1. The minimum Gasteiger partial charge on any atom is -0.495 e. The molecule has 0 amide bonds. The zero-order chi connectivity index (χ0) is 14.5. The number of methoxy groups -OCH3 is 1. The van der Waals surface area contributed by atoms with Gasteiger partial charge in [0.15, 0.2) is 0 Å². The fourth-order valence-electron chi connectivity index (χ4n) is 1.69. The van der Waals surface area contributed by atoms with Crippen molar-refractivity contribution >= 4 is 15.7 Å². The number of ether oxygens (including phenoxy) is 1. The number of sulfonamides is 1. The molecule has 1 aromatic rings. The van der Waals surface area contributed by atoms with Gasteiger partial charge in [-0.3, -0.25) is 0 Å². The molecule has 0 radical (unpaired) electrons. The van der Waals surface area contributed by atoms with Gasteiger partial charge in [-0.15, -0.1) is 0 Å². The zero-order valence-electron chi connectivity index (χ0n) is 11.1. The summed E-state index contributed by atoms with van der Waals surface area (Å²) in [5, 5.41) is 8.74. The van der Waals surface area contributed by atoms with E-state index in [-0.39, 0.29) is 23.3 Å². The maximum Gasteiger partial charge on any atom is 0.244 e. The topological polar surface area (TPSA) is 102 Å².